The summed E-state index contributed by atoms with van der Waals surface area (Å²) in [7, 11) is 0. The van der Waals surface area contributed by atoms with Crippen LogP contribution >= 0.6 is 23.7 Å². The first-order valence-electron chi connectivity index (χ1n) is 9.56. The molecular formula is C22H32N2OS2. The van der Waals surface area contributed by atoms with Gasteiger partial charge in [-0.15, -0.1) is 11.8 Å². The second-order valence-electron chi connectivity index (χ2n) is 7.73. The van der Waals surface area contributed by atoms with Gasteiger partial charge in [0.1, 0.15) is 0 Å². The van der Waals surface area contributed by atoms with Crippen LogP contribution in [0.25, 0.3) is 0 Å². The molecule has 1 aliphatic rings. The second kappa shape index (κ2) is 11.0. The highest BCUT2D eigenvalue weighted by Crippen LogP contribution is 2.28. The first kappa shape index (κ1) is 22.1. The van der Waals surface area contributed by atoms with Gasteiger partial charge in [0.05, 0.1) is 0 Å². The number of carbonyl (C=O) groups is 1. The van der Waals surface area contributed by atoms with Crippen molar-refractivity contribution in [2.75, 3.05) is 32.4 Å². The Morgan fingerprint density at radius 3 is 2.48 bits per heavy atom. The Labute approximate surface area is 173 Å². The molecule has 0 N–H and O–H groups in total. The van der Waals surface area contributed by atoms with Crippen LogP contribution in [0.4, 0.5) is 0 Å². The van der Waals surface area contributed by atoms with Gasteiger partial charge < -0.3 is 4.90 Å². The Kier molecular flexibility index (Phi) is 9.00. The Balaban J connectivity index is 1.83. The van der Waals surface area contributed by atoms with Gasteiger partial charge in [-0.1, -0.05) is 51.1 Å². The van der Waals surface area contributed by atoms with Crippen LogP contribution in [-0.2, 0) is 10.2 Å². The largest absolute Gasteiger partial charge is 0.341 e. The zero-order chi connectivity index (χ0) is 19.7. The van der Waals surface area contributed by atoms with Gasteiger partial charge in [-0.2, -0.15) is 0 Å². The monoisotopic (exact) mass is 404 g/mol. The molecule has 1 aromatic rings. The van der Waals surface area contributed by atoms with Gasteiger partial charge in [-0.25, -0.2) is 4.31 Å². The molecule has 148 valence electrons. The highest BCUT2D eigenvalue weighted by atomic mass is 32.2. The summed E-state index contributed by atoms with van der Waals surface area (Å²) in [5, 5.41) is 2.01. The third kappa shape index (κ3) is 7.76. The summed E-state index contributed by atoms with van der Waals surface area (Å²) < 4.78 is 2.39. The van der Waals surface area contributed by atoms with Crippen LogP contribution in [0, 0.1) is 0 Å². The SMILES string of the molecule is CS/C=C\C=C\CC(=O)N1CCCN(Sc2ccc(C(C)(C)C)cc2)CC1. The fourth-order valence-electron chi connectivity index (χ4n) is 2.90. The van der Waals surface area contributed by atoms with Crippen LogP contribution < -0.4 is 0 Å². The minimum Gasteiger partial charge on any atom is -0.341 e. The molecule has 1 aromatic carbocycles. The van der Waals surface area contributed by atoms with E-state index in [0.717, 1.165) is 32.6 Å². The van der Waals surface area contributed by atoms with Crippen LogP contribution in [0.2, 0.25) is 0 Å². The van der Waals surface area contributed by atoms with E-state index >= 15 is 0 Å². The van der Waals surface area contributed by atoms with Crippen molar-refractivity contribution in [2.24, 2.45) is 0 Å². The maximum absolute atomic E-state index is 12.4. The van der Waals surface area contributed by atoms with Crippen LogP contribution in [0.1, 0.15) is 39.2 Å². The topological polar surface area (TPSA) is 23.6 Å². The second-order valence-corrected chi connectivity index (χ2v) is 9.64. The lowest BCUT2D eigenvalue weighted by molar-refractivity contribution is -0.130. The lowest BCUT2D eigenvalue weighted by atomic mass is 9.87. The summed E-state index contributed by atoms with van der Waals surface area (Å²) in [6.07, 6.45) is 9.41. The number of carbonyl (C=O) groups excluding carboxylic acids is 1. The van der Waals surface area contributed by atoms with Gasteiger partial charge in [0.25, 0.3) is 0 Å². The predicted octanol–water partition coefficient (Wildman–Crippen LogP) is 5.35. The van der Waals surface area contributed by atoms with E-state index in [-0.39, 0.29) is 11.3 Å². The van der Waals surface area contributed by atoms with Crippen molar-refractivity contribution in [1.82, 2.24) is 9.21 Å². The molecule has 0 aromatic heterocycles. The molecule has 5 heteroatoms. The molecule has 1 fully saturated rings. The summed E-state index contributed by atoms with van der Waals surface area (Å²) in [5.41, 5.74) is 1.55. The molecule has 1 aliphatic heterocycles. The highest BCUT2D eigenvalue weighted by molar-refractivity contribution is 8.01. The van der Waals surface area contributed by atoms with E-state index in [0.29, 0.717) is 6.42 Å². The number of rotatable bonds is 6. The summed E-state index contributed by atoms with van der Waals surface area (Å²) in [6.45, 7) is 10.3. The molecule has 1 amide bonds. The van der Waals surface area contributed by atoms with Crippen LogP contribution in [0.3, 0.4) is 0 Å². The molecule has 0 unspecified atom stereocenters. The van der Waals surface area contributed by atoms with Gasteiger partial charge in [0.2, 0.25) is 5.91 Å². The van der Waals surface area contributed by atoms with E-state index in [1.807, 2.05) is 46.7 Å². The number of hydrogen-bond donors (Lipinski definition) is 0. The third-order valence-corrected chi connectivity index (χ3v) is 6.05. The Morgan fingerprint density at radius 1 is 1.07 bits per heavy atom. The summed E-state index contributed by atoms with van der Waals surface area (Å²) in [6, 6.07) is 8.89. The minimum atomic E-state index is 0.187. The molecule has 0 saturated carbocycles. The lowest BCUT2D eigenvalue weighted by Gasteiger charge is -2.22. The number of thioether (sulfide) groups is 1. The van der Waals surface area contributed by atoms with Crippen LogP contribution in [0.15, 0.2) is 52.8 Å². The van der Waals surface area contributed by atoms with Gasteiger partial charge >= 0.3 is 0 Å². The lowest BCUT2D eigenvalue weighted by Crippen LogP contribution is -2.33. The first-order chi connectivity index (χ1) is 12.9. The van der Waals surface area contributed by atoms with Gasteiger partial charge in [0, 0.05) is 37.5 Å². The normalized spacial score (nSPS) is 17.0. The number of hydrogen-bond acceptors (Lipinski definition) is 4. The van der Waals surface area contributed by atoms with Crippen molar-refractivity contribution in [3.05, 3.63) is 53.5 Å². The Bertz CT molecular complexity index is 647. The van der Waals surface area contributed by atoms with Gasteiger partial charge in [-0.05, 0) is 53.1 Å². The fourth-order valence-corrected chi connectivity index (χ4v) is 4.10. The molecule has 27 heavy (non-hydrogen) atoms. The maximum Gasteiger partial charge on any atom is 0.226 e. The summed E-state index contributed by atoms with van der Waals surface area (Å²) in [4.78, 5) is 15.7. The van der Waals surface area contributed by atoms with E-state index in [4.69, 9.17) is 0 Å². The first-order valence-corrected chi connectivity index (χ1v) is 11.6. The molecule has 0 aliphatic carbocycles. The molecule has 1 heterocycles. The fraction of sp³-hybridized carbons (Fsp3) is 0.500. The summed E-state index contributed by atoms with van der Waals surface area (Å²) >= 11 is 3.47. The molecule has 2 rings (SSSR count). The van der Waals surface area contributed by atoms with Crippen molar-refractivity contribution in [3.63, 3.8) is 0 Å². The zero-order valence-corrected chi connectivity index (χ0v) is 18.6. The third-order valence-electron chi connectivity index (χ3n) is 4.52. The zero-order valence-electron chi connectivity index (χ0n) is 17.0. The van der Waals surface area contributed by atoms with Crippen molar-refractivity contribution in [3.8, 4) is 0 Å². The number of amides is 1. The molecule has 0 bridgehead atoms. The average molecular weight is 405 g/mol. The van der Waals surface area contributed by atoms with Gasteiger partial charge in [0.15, 0.2) is 0 Å². The minimum absolute atomic E-state index is 0.187. The Hall–Kier alpha value is -1.17. The summed E-state index contributed by atoms with van der Waals surface area (Å²) in [5.74, 6) is 0.227. The molecule has 0 spiro atoms. The number of nitrogens with zero attached hydrogens (tertiary/aromatic N) is 2. The van der Waals surface area contributed by atoms with E-state index in [1.165, 1.54) is 10.5 Å². The standard InChI is InChI=1S/C22H32N2OS2/c1-22(2,3)19-10-12-20(13-11-19)27-24-15-8-14-23(16-17-24)21(25)9-6-5-7-18-26-4/h5-7,10-13,18H,8-9,14-17H2,1-4H3/b6-5+,18-7-. The van der Waals surface area contributed by atoms with Crippen molar-refractivity contribution in [2.45, 2.75) is 43.9 Å². The predicted molar refractivity (Wildman–Crippen MR) is 120 cm³/mol. The van der Waals surface area contributed by atoms with E-state index in [1.54, 1.807) is 11.8 Å². The average Bonchev–Trinajstić information content (AvgIpc) is 2.87. The van der Waals surface area contributed by atoms with Crippen molar-refractivity contribution >= 4 is 29.6 Å². The van der Waals surface area contributed by atoms with E-state index < -0.39 is 0 Å². The molecular weight excluding hydrogens is 372 g/mol. The highest BCUT2D eigenvalue weighted by Gasteiger charge is 2.19. The molecule has 1 saturated heterocycles. The molecule has 3 nitrogen and oxygen atoms in total. The van der Waals surface area contributed by atoms with E-state index in [2.05, 4.69) is 49.3 Å². The van der Waals surface area contributed by atoms with Crippen LogP contribution in [0.5, 0.6) is 0 Å². The molecule has 0 atom stereocenters. The quantitative estimate of drug-likeness (QED) is 0.471. The van der Waals surface area contributed by atoms with Crippen molar-refractivity contribution < 1.29 is 4.79 Å². The maximum atomic E-state index is 12.4. The van der Waals surface area contributed by atoms with E-state index in [9.17, 15) is 4.79 Å². The smallest absolute Gasteiger partial charge is 0.226 e. The van der Waals surface area contributed by atoms with Crippen molar-refractivity contribution in [1.29, 1.82) is 0 Å². The molecule has 0 radical (unpaired) electrons. The van der Waals surface area contributed by atoms with Crippen LogP contribution in [-0.4, -0.2) is 47.5 Å². The number of benzene rings is 1. The number of allylic oxidation sites excluding steroid dienone is 2. The Morgan fingerprint density at radius 2 is 1.81 bits per heavy atom. The van der Waals surface area contributed by atoms with Gasteiger partial charge in [-0.3, -0.25) is 4.79 Å².